The molecule has 0 unspecified atom stereocenters. The topological polar surface area (TPSA) is 38.6 Å². The van der Waals surface area contributed by atoms with E-state index in [0.29, 0.717) is 5.56 Å². The Morgan fingerprint density at radius 2 is 0.872 bits per heavy atom. The highest BCUT2D eigenvalue weighted by molar-refractivity contribution is 6.10. The first kappa shape index (κ1) is 26.7. The van der Waals surface area contributed by atoms with Crippen LogP contribution in [0.25, 0.3) is 63.2 Å². The van der Waals surface area contributed by atoms with Crippen LogP contribution in [0.3, 0.4) is 0 Å². The first-order chi connectivity index (χ1) is 23.3. The highest BCUT2D eigenvalue weighted by Gasteiger charge is 2.31. The normalized spacial score (nSPS) is 15.9. The van der Waals surface area contributed by atoms with Gasteiger partial charge in [-0.25, -0.2) is 0 Å². The van der Waals surface area contributed by atoms with Crippen molar-refractivity contribution in [1.82, 2.24) is 13.7 Å². The van der Waals surface area contributed by atoms with Crippen LogP contribution >= 0.6 is 0 Å². The number of nitriles is 1. The highest BCUT2D eigenvalue weighted by atomic mass is 15.1. The smallest absolute Gasteiger partial charge is 0.0993 e. The van der Waals surface area contributed by atoms with E-state index < -0.39 is 0 Å². The van der Waals surface area contributed by atoms with Gasteiger partial charge in [-0.05, 0) is 122 Å². The number of rotatable bonds is 3. The van der Waals surface area contributed by atoms with Crippen molar-refractivity contribution in [2.45, 2.75) is 51.4 Å². The molecule has 0 spiro atoms. The van der Waals surface area contributed by atoms with Crippen molar-refractivity contribution in [1.29, 1.82) is 5.26 Å². The summed E-state index contributed by atoms with van der Waals surface area (Å²) in [5.74, 6) is 0. The zero-order chi connectivity index (χ0) is 31.1. The Labute approximate surface area is 274 Å². The second kappa shape index (κ2) is 10.2. The third-order valence-electron chi connectivity index (χ3n) is 10.8. The van der Waals surface area contributed by atoms with Gasteiger partial charge in [0.15, 0.2) is 0 Å². The van der Waals surface area contributed by atoms with Crippen LogP contribution in [0.4, 0.5) is 0 Å². The summed E-state index contributed by atoms with van der Waals surface area (Å²) in [5, 5.41) is 13.1. The van der Waals surface area contributed by atoms with Gasteiger partial charge in [0.1, 0.15) is 0 Å². The van der Waals surface area contributed by atoms with Crippen LogP contribution in [-0.4, -0.2) is 13.7 Å². The minimum absolute atomic E-state index is 0.672. The quantitative estimate of drug-likeness (QED) is 0.198. The summed E-state index contributed by atoms with van der Waals surface area (Å²) in [6.45, 7) is 0. The van der Waals surface area contributed by atoms with Gasteiger partial charge < -0.3 is 13.7 Å². The second-order valence-electron chi connectivity index (χ2n) is 13.2. The summed E-state index contributed by atoms with van der Waals surface area (Å²) in [6.07, 6.45) is 27.0. The molecule has 226 valence electrons. The molecule has 4 heteroatoms. The number of aromatic nitrogens is 3. The molecule has 4 aliphatic rings. The third kappa shape index (κ3) is 3.74. The molecule has 6 aromatic rings. The van der Waals surface area contributed by atoms with Gasteiger partial charge in [-0.15, -0.1) is 0 Å². The Bertz CT molecular complexity index is 2240. The fourth-order valence-corrected chi connectivity index (χ4v) is 8.85. The molecule has 3 aromatic carbocycles. The van der Waals surface area contributed by atoms with E-state index >= 15 is 0 Å². The fourth-order valence-electron chi connectivity index (χ4n) is 8.85. The van der Waals surface area contributed by atoms with Crippen LogP contribution < -0.4 is 0 Å². The van der Waals surface area contributed by atoms with Crippen LogP contribution in [0, 0.1) is 11.3 Å². The molecule has 4 nitrogen and oxygen atoms in total. The molecule has 0 radical (unpaired) electrons. The predicted octanol–water partition coefficient (Wildman–Crippen LogP) is 10.1. The maximum absolute atomic E-state index is 10.7. The molecular formula is C43H34N4. The fraction of sp³-hybridized carbons (Fsp3) is 0.186. The van der Waals surface area contributed by atoms with E-state index in [0.717, 1.165) is 68.4 Å². The van der Waals surface area contributed by atoms with Gasteiger partial charge in [-0.1, -0.05) is 60.7 Å². The first-order valence-corrected chi connectivity index (χ1v) is 17.1. The average molecular weight is 607 g/mol. The van der Waals surface area contributed by atoms with Gasteiger partial charge in [0, 0.05) is 33.5 Å². The maximum atomic E-state index is 10.7. The summed E-state index contributed by atoms with van der Waals surface area (Å²) >= 11 is 0. The van der Waals surface area contributed by atoms with E-state index in [1.807, 2.05) is 0 Å². The zero-order valence-corrected chi connectivity index (χ0v) is 26.3. The lowest BCUT2D eigenvalue weighted by Gasteiger charge is -2.25. The second-order valence-corrected chi connectivity index (χ2v) is 13.2. The molecular weight excluding hydrogens is 573 g/mol. The van der Waals surface area contributed by atoms with Gasteiger partial charge in [-0.2, -0.15) is 5.26 Å². The van der Waals surface area contributed by atoms with Gasteiger partial charge >= 0.3 is 0 Å². The van der Waals surface area contributed by atoms with Crippen molar-refractivity contribution in [2.24, 2.45) is 0 Å². The van der Waals surface area contributed by atoms with E-state index in [1.165, 1.54) is 66.8 Å². The largest absolute Gasteiger partial charge is 0.308 e. The SMILES string of the molecule is N#Cc1cc(-n2c3c(c4c2C=CCC4)CCC=C3)c(-n2c3ccccc3c3ccccc32)c(-n2c3c(c4c2C=CCC4)CCC=C3)c1. The Hall–Kier alpha value is -5.53. The average Bonchev–Trinajstić information content (AvgIpc) is 3.77. The lowest BCUT2D eigenvalue weighted by atomic mass is 9.94. The number of nitrogens with zero attached hydrogens (tertiary/aromatic N) is 4. The predicted molar refractivity (Wildman–Crippen MR) is 194 cm³/mol. The van der Waals surface area contributed by atoms with Gasteiger partial charge in [0.25, 0.3) is 0 Å². The number of benzene rings is 3. The molecule has 0 amide bonds. The Morgan fingerprint density at radius 1 is 0.489 bits per heavy atom. The highest BCUT2D eigenvalue weighted by Crippen LogP contribution is 2.44. The summed E-state index contributed by atoms with van der Waals surface area (Å²) in [7, 11) is 0. The minimum Gasteiger partial charge on any atom is -0.308 e. The molecule has 0 fully saturated rings. The van der Waals surface area contributed by atoms with Gasteiger partial charge in [0.05, 0.1) is 39.7 Å². The van der Waals surface area contributed by atoms with Crippen molar-refractivity contribution in [3.05, 3.63) is 136 Å². The van der Waals surface area contributed by atoms with Crippen molar-refractivity contribution < 1.29 is 0 Å². The van der Waals surface area contributed by atoms with Crippen LogP contribution in [0.1, 0.15) is 76.3 Å². The van der Waals surface area contributed by atoms with Crippen LogP contribution in [0.15, 0.2) is 85.0 Å². The number of allylic oxidation sites excluding steroid dienone is 4. The Kier molecular flexibility index (Phi) is 5.81. The number of hydrogen-bond donors (Lipinski definition) is 0. The zero-order valence-electron chi connectivity index (χ0n) is 26.3. The molecule has 47 heavy (non-hydrogen) atoms. The van der Waals surface area contributed by atoms with E-state index in [4.69, 9.17) is 0 Å². The summed E-state index contributed by atoms with van der Waals surface area (Å²) in [5.41, 5.74) is 17.1. The molecule has 0 bridgehead atoms. The molecule has 0 N–H and O–H groups in total. The number of fused-ring (bicyclic) bond motifs is 9. The van der Waals surface area contributed by atoms with E-state index in [9.17, 15) is 5.26 Å². The van der Waals surface area contributed by atoms with Gasteiger partial charge in [0.2, 0.25) is 0 Å². The molecule has 0 saturated heterocycles. The molecule has 10 rings (SSSR count). The molecule has 4 aliphatic carbocycles. The number of hydrogen-bond acceptors (Lipinski definition) is 1. The third-order valence-corrected chi connectivity index (χ3v) is 10.8. The molecule has 0 aliphatic heterocycles. The van der Waals surface area contributed by atoms with E-state index in [-0.39, 0.29) is 0 Å². The van der Waals surface area contributed by atoms with Crippen molar-refractivity contribution in [3.63, 3.8) is 0 Å². The minimum atomic E-state index is 0.672. The summed E-state index contributed by atoms with van der Waals surface area (Å²) in [6, 6.07) is 24.4. The monoisotopic (exact) mass is 606 g/mol. The molecule has 0 saturated carbocycles. The summed E-state index contributed by atoms with van der Waals surface area (Å²) in [4.78, 5) is 0. The number of para-hydroxylation sites is 2. The lowest BCUT2D eigenvalue weighted by Crippen LogP contribution is -2.14. The van der Waals surface area contributed by atoms with Crippen molar-refractivity contribution >= 4 is 46.1 Å². The van der Waals surface area contributed by atoms with E-state index in [1.54, 1.807) is 0 Å². The molecule has 0 atom stereocenters. The maximum Gasteiger partial charge on any atom is 0.0993 e. The standard InChI is InChI=1S/C43H34N4/c44-27-28-25-41(45-35-19-7-1-13-29(35)30-14-2-8-20-36(30)45)43(47-39-23-11-5-17-33(39)34-18-6-12-24-40(34)47)42(26-28)46-37-21-9-3-15-31(37)32-16-4-10-22-38(32)46/h5-12,17-26H,1-4,13-16H2. The Morgan fingerprint density at radius 3 is 1.26 bits per heavy atom. The van der Waals surface area contributed by atoms with E-state index in [2.05, 4.69) is 129 Å². The van der Waals surface area contributed by atoms with Crippen LogP contribution in [-0.2, 0) is 25.7 Å². The van der Waals surface area contributed by atoms with Crippen LogP contribution in [0.5, 0.6) is 0 Å². The molecule has 3 heterocycles. The van der Waals surface area contributed by atoms with Crippen molar-refractivity contribution in [2.75, 3.05) is 0 Å². The first-order valence-electron chi connectivity index (χ1n) is 17.1. The summed E-state index contributed by atoms with van der Waals surface area (Å²) < 4.78 is 7.44. The van der Waals surface area contributed by atoms with Crippen LogP contribution in [0.2, 0.25) is 0 Å². The van der Waals surface area contributed by atoms with Crippen molar-refractivity contribution in [3.8, 4) is 23.1 Å². The molecule has 3 aromatic heterocycles. The van der Waals surface area contributed by atoms with Gasteiger partial charge in [-0.3, -0.25) is 0 Å². The Balaban J connectivity index is 1.43. The lowest BCUT2D eigenvalue weighted by molar-refractivity contribution is 0.922.